The van der Waals surface area contributed by atoms with Crippen LogP contribution in [0.15, 0.2) is 36.5 Å². The number of aryl methyl sites for hydroxylation is 1. The Morgan fingerprint density at radius 3 is 2.60 bits per heavy atom. The third-order valence-electron chi connectivity index (χ3n) is 2.82. The summed E-state index contributed by atoms with van der Waals surface area (Å²) in [6.45, 7) is 3.19. The van der Waals surface area contributed by atoms with Crippen molar-refractivity contribution in [2.75, 3.05) is 20.1 Å². The van der Waals surface area contributed by atoms with E-state index in [0.717, 1.165) is 17.9 Å². The molecule has 2 N–H and O–H groups in total. The summed E-state index contributed by atoms with van der Waals surface area (Å²) in [7, 11) is 1.85. The second-order valence-electron chi connectivity index (χ2n) is 4.27. The summed E-state index contributed by atoms with van der Waals surface area (Å²) >= 11 is 0. The standard InChI is InChI=1S/C14H18N4O.ClH/c1-11-13(14(19)16-9-8-15-2)10-18(17-11)12-6-4-3-5-7-12;/h3-7,10,15H,8-9H2,1-2H3,(H,16,19);1H. The van der Waals surface area contributed by atoms with Crippen LogP contribution < -0.4 is 10.6 Å². The van der Waals surface area contributed by atoms with Crippen molar-refractivity contribution in [3.63, 3.8) is 0 Å². The highest BCUT2D eigenvalue weighted by molar-refractivity contribution is 5.95. The maximum atomic E-state index is 12.0. The van der Waals surface area contributed by atoms with E-state index in [2.05, 4.69) is 15.7 Å². The second-order valence-corrected chi connectivity index (χ2v) is 4.27. The van der Waals surface area contributed by atoms with Crippen LogP contribution in [0.1, 0.15) is 16.1 Å². The lowest BCUT2D eigenvalue weighted by Crippen LogP contribution is -2.30. The van der Waals surface area contributed by atoms with E-state index in [-0.39, 0.29) is 18.3 Å². The predicted molar refractivity (Wildman–Crippen MR) is 81.8 cm³/mol. The van der Waals surface area contributed by atoms with Crippen LogP contribution in [-0.2, 0) is 0 Å². The summed E-state index contributed by atoms with van der Waals surface area (Å²) in [5.41, 5.74) is 2.28. The first kappa shape index (κ1) is 16.2. The molecule has 0 saturated heterocycles. The van der Waals surface area contributed by atoms with Gasteiger partial charge in [0.1, 0.15) is 0 Å². The van der Waals surface area contributed by atoms with E-state index in [4.69, 9.17) is 0 Å². The third kappa shape index (κ3) is 3.82. The van der Waals surface area contributed by atoms with Crippen molar-refractivity contribution < 1.29 is 4.79 Å². The molecule has 2 aromatic rings. The van der Waals surface area contributed by atoms with E-state index in [1.54, 1.807) is 10.9 Å². The van der Waals surface area contributed by atoms with Crippen LogP contribution in [0, 0.1) is 6.92 Å². The minimum Gasteiger partial charge on any atom is -0.351 e. The summed E-state index contributed by atoms with van der Waals surface area (Å²) in [6.07, 6.45) is 1.76. The molecule has 0 atom stereocenters. The van der Waals surface area contributed by atoms with Gasteiger partial charge in [-0.2, -0.15) is 5.10 Å². The maximum Gasteiger partial charge on any atom is 0.254 e. The lowest BCUT2D eigenvalue weighted by molar-refractivity contribution is 0.0953. The summed E-state index contributed by atoms with van der Waals surface area (Å²) in [5.74, 6) is -0.0880. The van der Waals surface area contributed by atoms with Crippen LogP contribution in [0.3, 0.4) is 0 Å². The van der Waals surface area contributed by atoms with Gasteiger partial charge in [0.2, 0.25) is 0 Å². The molecule has 20 heavy (non-hydrogen) atoms. The number of para-hydroxylation sites is 1. The number of halogens is 1. The Labute approximate surface area is 124 Å². The van der Waals surface area contributed by atoms with E-state index < -0.39 is 0 Å². The van der Waals surface area contributed by atoms with E-state index in [1.807, 2.05) is 44.3 Å². The smallest absolute Gasteiger partial charge is 0.254 e. The van der Waals surface area contributed by atoms with Crippen molar-refractivity contribution in [1.29, 1.82) is 0 Å². The summed E-state index contributed by atoms with van der Waals surface area (Å²) in [5, 5.41) is 10.2. The SMILES string of the molecule is CNCCNC(=O)c1cn(-c2ccccc2)nc1C.Cl. The Morgan fingerprint density at radius 2 is 1.95 bits per heavy atom. The minimum absolute atomic E-state index is 0. The van der Waals surface area contributed by atoms with Crippen molar-refractivity contribution in [3.05, 3.63) is 47.8 Å². The number of hydrogen-bond acceptors (Lipinski definition) is 3. The third-order valence-corrected chi connectivity index (χ3v) is 2.82. The highest BCUT2D eigenvalue weighted by atomic mass is 35.5. The second kappa shape index (κ2) is 7.67. The van der Waals surface area contributed by atoms with Gasteiger partial charge in [0.25, 0.3) is 5.91 Å². The number of nitrogens with one attached hydrogen (secondary N) is 2. The number of likely N-dealkylation sites (N-methyl/N-ethyl adjacent to an activating group) is 1. The molecule has 0 aliphatic carbocycles. The normalized spacial score (nSPS) is 9.90. The Bertz CT molecular complexity index is 554. The largest absolute Gasteiger partial charge is 0.351 e. The van der Waals surface area contributed by atoms with E-state index in [9.17, 15) is 4.79 Å². The molecule has 0 aliphatic heterocycles. The number of benzene rings is 1. The fraction of sp³-hybridized carbons (Fsp3) is 0.286. The molecule has 0 spiro atoms. The zero-order valence-corrected chi connectivity index (χ0v) is 12.4. The molecule has 5 nitrogen and oxygen atoms in total. The van der Waals surface area contributed by atoms with Gasteiger partial charge < -0.3 is 10.6 Å². The van der Waals surface area contributed by atoms with Gasteiger partial charge in [0, 0.05) is 19.3 Å². The van der Waals surface area contributed by atoms with E-state index in [0.29, 0.717) is 12.1 Å². The Morgan fingerprint density at radius 1 is 1.25 bits per heavy atom. The number of amides is 1. The topological polar surface area (TPSA) is 58.9 Å². The molecule has 0 radical (unpaired) electrons. The van der Waals surface area contributed by atoms with Crippen LogP contribution in [0.5, 0.6) is 0 Å². The Kier molecular flexibility index (Phi) is 6.21. The molecule has 0 fully saturated rings. The molecule has 1 aromatic heterocycles. The molecule has 1 aromatic carbocycles. The molecular weight excluding hydrogens is 276 g/mol. The monoisotopic (exact) mass is 294 g/mol. The first-order valence-electron chi connectivity index (χ1n) is 6.27. The average Bonchev–Trinajstić information content (AvgIpc) is 2.82. The van der Waals surface area contributed by atoms with Gasteiger partial charge in [-0.05, 0) is 26.1 Å². The Balaban J connectivity index is 0.00000200. The van der Waals surface area contributed by atoms with Crippen molar-refractivity contribution in [1.82, 2.24) is 20.4 Å². The van der Waals surface area contributed by atoms with E-state index in [1.165, 1.54) is 0 Å². The number of nitrogens with zero attached hydrogens (tertiary/aromatic N) is 2. The van der Waals surface area contributed by atoms with Crippen LogP contribution >= 0.6 is 12.4 Å². The van der Waals surface area contributed by atoms with Crippen molar-refractivity contribution in [3.8, 4) is 5.69 Å². The molecule has 6 heteroatoms. The van der Waals surface area contributed by atoms with Gasteiger partial charge in [-0.25, -0.2) is 4.68 Å². The fourth-order valence-corrected chi connectivity index (χ4v) is 1.79. The number of aromatic nitrogens is 2. The highest BCUT2D eigenvalue weighted by Gasteiger charge is 2.13. The van der Waals surface area contributed by atoms with Gasteiger partial charge in [0.15, 0.2) is 0 Å². The summed E-state index contributed by atoms with van der Waals surface area (Å²) in [6, 6.07) is 9.74. The summed E-state index contributed by atoms with van der Waals surface area (Å²) < 4.78 is 1.72. The molecule has 0 unspecified atom stereocenters. The molecule has 0 saturated carbocycles. The summed E-state index contributed by atoms with van der Waals surface area (Å²) in [4.78, 5) is 12.0. The van der Waals surface area contributed by atoms with Gasteiger partial charge in [-0.15, -0.1) is 12.4 Å². The zero-order valence-electron chi connectivity index (χ0n) is 11.6. The molecular formula is C14H19ClN4O. The maximum absolute atomic E-state index is 12.0. The number of rotatable bonds is 5. The average molecular weight is 295 g/mol. The lowest BCUT2D eigenvalue weighted by Gasteiger charge is -2.02. The lowest BCUT2D eigenvalue weighted by atomic mass is 10.2. The van der Waals surface area contributed by atoms with E-state index >= 15 is 0 Å². The molecule has 1 heterocycles. The minimum atomic E-state index is -0.0880. The van der Waals surface area contributed by atoms with Crippen molar-refractivity contribution >= 4 is 18.3 Å². The highest BCUT2D eigenvalue weighted by Crippen LogP contribution is 2.11. The quantitative estimate of drug-likeness (QED) is 0.823. The first-order valence-corrected chi connectivity index (χ1v) is 6.27. The molecule has 108 valence electrons. The fourth-order valence-electron chi connectivity index (χ4n) is 1.79. The first-order chi connectivity index (χ1) is 9.22. The van der Waals surface area contributed by atoms with Crippen LogP contribution in [-0.4, -0.2) is 35.8 Å². The van der Waals surface area contributed by atoms with Gasteiger partial charge in [0.05, 0.1) is 16.9 Å². The molecule has 1 amide bonds. The van der Waals surface area contributed by atoms with Gasteiger partial charge >= 0.3 is 0 Å². The molecule has 0 aliphatic rings. The number of carbonyl (C=O) groups is 1. The zero-order chi connectivity index (χ0) is 13.7. The number of hydrogen-bond donors (Lipinski definition) is 2. The van der Waals surface area contributed by atoms with Crippen LogP contribution in [0.4, 0.5) is 0 Å². The van der Waals surface area contributed by atoms with Gasteiger partial charge in [-0.3, -0.25) is 4.79 Å². The Hall–Kier alpha value is -1.85. The van der Waals surface area contributed by atoms with Crippen molar-refractivity contribution in [2.45, 2.75) is 6.92 Å². The molecule has 2 rings (SSSR count). The van der Waals surface area contributed by atoms with Crippen LogP contribution in [0.25, 0.3) is 5.69 Å². The van der Waals surface area contributed by atoms with Crippen molar-refractivity contribution in [2.24, 2.45) is 0 Å². The van der Waals surface area contributed by atoms with Crippen LogP contribution in [0.2, 0.25) is 0 Å². The molecule has 0 bridgehead atoms. The van der Waals surface area contributed by atoms with Gasteiger partial charge in [-0.1, -0.05) is 18.2 Å². The number of carbonyl (C=O) groups excluding carboxylic acids is 1. The predicted octanol–water partition coefficient (Wildman–Crippen LogP) is 1.55.